The second kappa shape index (κ2) is 6.61. The highest BCUT2D eigenvalue weighted by Gasteiger charge is 2.31. The van der Waals surface area contributed by atoms with Crippen molar-refractivity contribution in [2.24, 2.45) is 10.7 Å². The van der Waals surface area contributed by atoms with Crippen LogP contribution in [0, 0.1) is 11.3 Å². The molecule has 1 aromatic carbocycles. The van der Waals surface area contributed by atoms with E-state index in [2.05, 4.69) is 15.8 Å². The van der Waals surface area contributed by atoms with Gasteiger partial charge in [-0.25, -0.2) is 4.99 Å². The summed E-state index contributed by atoms with van der Waals surface area (Å²) >= 11 is 4.94. The van der Waals surface area contributed by atoms with Gasteiger partial charge in [-0.2, -0.15) is 5.26 Å². The van der Waals surface area contributed by atoms with Crippen LogP contribution in [0.2, 0.25) is 0 Å². The molecular formula is C14H16N4OS2. The monoisotopic (exact) mass is 320 g/mol. The first kappa shape index (κ1) is 15.4. The summed E-state index contributed by atoms with van der Waals surface area (Å²) in [6.07, 6.45) is 2.41. The Kier molecular flexibility index (Phi) is 4.83. The Hall–Kier alpha value is -2.04. The quantitative estimate of drug-likeness (QED) is 0.813. The Morgan fingerprint density at radius 2 is 2.38 bits per heavy atom. The van der Waals surface area contributed by atoms with Gasteiger partial charge in [0.25, 0.3) is 0 Å². The van der Waals surface area contributed by atoms with Gasteiger partial charge in [0.15, 0.2) is 10.2 Å². The number of hydrogen-bond donors (Lipinski definition) is 2. The first-order chi connectivity index (χ1) is 10.1. The molecule has 1 aliphatic heterocycles. The Morgan fingerprint density at radius 1 is 1.57 bits per heavy atom. The maximum absolute atomic E-state index is 9.25. The number of aliphatic imine (C=N–C) groups is 1. The third kappa shape index (κ3) is 3.54. The summed E-state index contributed by atoms with van der Waals surface area (Å²) in [7, 11) is -0.0785. The second-order valence-corrected chi connectivity index (χ2v) is 7.69. The molecule has 0 fully saturated rings. The van der Waals surface area contributed by atoms with Crippen LogP contribution in [-0.2, 0) is 6.42 Å². The zero-order chi connectivity index (χ0) is 15.3. The van der Waals surface area contributed by atoms with Gasteiger partial charge in [-0.3, -0.25) is 0 Å². The highest BCUT2D eigenvalue weighted by molar-refractivity contribution is 8.47. The van der Waals surface area contributed by atoms with Gasteiger partial charge in [-0.1, -0.05) is 22.3 Å². The summed E-state index contributed by atoms with van der Waals surface area (Å²) in [6.45, 7) is 0. The standard InChI is InChI=1S/C14H16N4OS2/c1-19-12-4-2-3-11(9-12)5-7-21(18-14(16)20)8-6-17-13(21)10-15/h2-4,6,8-9H,5,7H2,1H3,(H3,16,18,20). The van der Waals surface area contributed by atoms with E-state index in [9.17, 15) is 5.26 Å². The minimum Gasteiger partial charge on any atom is -0.497 e. The van der Waals surface area contributed by atoms with Crippen LogP contribution < -0.4 is 15.2 Å². The molecule has 0 amide bonds. The van der Waals surface area contributed by atoms with Crippen LogP contribution in [0.25, 0.3) is 0 Å². The fraction of sp³-hybridized carbons (Fsp3) is 0.214. The second-order valence-electron chi connectivity index (χ2n) is 4.40. The van der Waals surface area contributed by atoms with Crippen molar-refractivity contribution in [3.8, 4) is 11.8 Å². The first-order valence-electron chi connectivity index (χ1n) is 6.25. The smallest absolute Gasteiger partial charge is 0.177 e. The average Bonchev–Trinajstić information content (AvgIpc) is 2.87. The molecule has 0 radical (unpaired) electrons. The van der Waals surface area contributed by atoms with Gasteiger partial charge in [0.2, 0.25) is 0 Å². The van der Waals surface area contributed by atoms with Crippen LogP contribution in [0.3, 0.4) is 0 Å². The van der Waals surface area contributed by atoms with Gasteiger partial charge in [-0.05, 0) is 41.7 Å². The minimum absolute atomic E-state index is 0.185. The zero-order valence-electron chi connectivity index (χ0n) is 11.6. The van der Waals surface area contributed by atoms with Crippen LogP contribution in [0.5, 0.6) is 5.75 Å². The number of nitrogens with zero attached hydrogens (tertiary/aromatic N) is 2. The van der Waals surface area contributed by atoms with Gasteiger partial charge in [0.1, 0.15) is 11.8 Å². The van der Waals surface area contributed by atoms with Gasteiger partial charge in [0.05, 0.1) is 7.11 Å². The van der Waals surface area contributed by atoms with Crippen LogP contribution in [0.15, 0.2) is 40.9 Å². The molecule has 1 aliphatic rings. The fourth-order valence-electron chi connectivity index (χ4n) is 2.06. The summed E-state index contributed by atoms with van der Waals surface area (Å²) in [5, 5.41) is 11.8. The summed E-state index contributed by atoms with van der Waals surface area (Å²) in [5.41, 5.74) is 6.74. The molecule has 0 saturated heterocycles. The van der Waals surface area contributed by atoms with Crippen molar-refractivity contribution < 1.29 is 4.74 Å². The molecule has 0 bridgehead atoms. The Morgan fingerprint density at radius 3 is 3.05 bits per heavy atom. The molecule has 5 nitrogen and oxygen atoms in total. The molecule has 1 unspecified atom stereocenters. The third-order valence-electron chi connectivity index (χ3n) is 3.06. The van der Waals surface area contributed by atoms with Crippen LogP contribution in [-0.4, -0.2) is 23.0 Å². The van der Waals surface area contributed by atoms with Crippen LogP contribution in [0.4, 0.5) is 0 Å². The predicted octanol–water partition coefficient (Wildman–Crippen LogP) is 2.20. The molecule has 3 N–H and O–H groups in total. The SMILES string of the molecule is COc1cccc(CCS2(NC(N)=S)C=CN=C2C#N)c1. The lowest BCUT2D eigenvalue weighted by molar-refractivity contribution is 0.414. The molecule has 1 atom stereocenters. The van der Waals surface area contributed by atoms with E-state index in [1.807, 2.05) is 29.7 Å². The summed E-state index contributed by atoms with van der Waals surface area (Å²) in [5.74, 6) is 1.52. The number of nitrogens with two attached hydrogens (primary N) is 1. The Balaban J connectivity index is 2.17. The molecular weight excluding hydrogens is 304 g/mol. The normalized spacial score (nSPS) is 22.8. The number of nitriles is 1. The summed E-state index contributed by atoms with van der Waals surface area (Å²) in [6, 6.07) is 9.99. The fourth-order valence-corrected chi connectivity index (χ4v) is 4.82. The molecule has 0 aromatic heterocycles. The molecule has 1 heterocycles. The van der Waals surface area contributed by atoms with Crippen molar-refractivity contribution in [2.45, 2.75) is 6.42 Å². The van der Waals surface area contributed by atoms with Crippen molar-refractivity contribution in [2.75, 3.05) is 12.9 Å². The van der Waals surface area contributed by atoms with E-state index >= 15 is 0 Å². The molecule has 2 rings (SSSR count). The first-order valence-corrected chi connectivity index (χ1v) is 8.52. The number of ether oxygens (including phenoxy) is 1. The van der Waals surface area contributed by atoms with Gasteiger partial charge < -0.3 is 15.2 Å². The maximum atomic E-state index is 9.25. The molecule has 0 spiro atoms. The zero-order valence-corrected chi connectivity index (χ0v) is 13.2. The molecule has 0 saturated carbocycles. The number of hydrogen-bond acceptors (Lipinski definition) is 4. The van der Waals surface area contributed by atoms with Gasteiger partial charge in [0, 0.05) is 12.0 Å². The molecule has 21 heavy (non-hydrogen) atoms. The van der Waals surface area contributed by atoms with E-state index in [1.54, 1.807) is 13.3 Å². The number of methoxy groups -OCH3 is 1. The number of rotatable bonds is 5. The van der Waals surface area contributed by atoms with Crippen LogP contribution in [0.1, 0.15) is 5.56 Å². The molecule has 7 heteroatoms. The number of nitrogens with one attached hydrogen (secondary N) is 1. The number of thiocarbonyl (C=S) groups is 1. The van der Waals surface area contributed by atoms with E-state index in [-0.39, 0.29) is 5.11 Å². The van der Waals surface area contributed by atoms with Crippen molar-refractivity contribution in [3.63, 3.8) is 0 Å². The van der Waals surface area contributed by atoms with E-state index in [4.69, 9.17) is 22.7 Å². The lowest BCUT2D eigenvalue weighted by atomic mass is 10.2. The Bertz CT molecular complexity index is 651. The van der Waals surface area contributed by atoms with Crippen molar-refractivity contribution in [1.29, 1.82) is 5.26 Å². The van der Waals surface area contributed by atoms with E-state index in [1.165, 1.54) is 0 Å². The molecule has 0 aliphatic carbocycles. The lowest BCUT2D eigenvalue weighted by Gasteiger charge is -2.33. The summed E-state index contributed by atoms with van der Waals surface area (Å²) in [4.78, 5) is 4.12. The topological polar surface area (TPSA) is 83.4 Å². The van der Waals surface area contributed by atoms with Gasteiger partial charge >= 0.3 is 0 Å². The average molecular weight is 320 g/mol. The predicted molar refractivity (Wildman–Crippen MR) is 91.3 cm³/mol. The van der Waals surface area contributed by atoms with Crippen molar-refractivity contribution in [3.05, 3.63) is 41.4 Å². The third-order valence-corrected chi connectivity index (χ3v) is 6.19. The highest BCUT2D eigenvalue weighted by atomic mass is 32.3. The van der Waals surface area contributed by atoms with E-state index in [0.717, 1.165) is 17.7 Å². The maximum Gasteiger partial charge on any atom is 0.177 e. The van der Waals surface area contributed by atoms with Crippen molar-refractivity contribution >= 4 is 32.6 Å². The summed E-state index contributed by atoms with van der Waals surface area (Å²) < 4.78 is 8.30. The van der Waals surface area contributed by atoms with E-state index < -0.39 is 10.2 Å². The van der Waals surface area contributed by atoms with E-state index in [0.29, 0.717) is 10.8 Å². The molecule has 110 valence electrons. The minimum atomic E-state index is -1.72. The van der Waals surface area contributed by atoms with Crippen molar-refractivity contribution in [1.82, 2.24) is 4.72 Å². The molecule has 1 aromatic rings. The van der Waals surface area contributed by atoms with Crippen LogP contribution >= 0.6 is 22.4 Å². The lowest BCUT2D eigenvalue weighted by Crippen LogP contribution is -2.35. The largest absolute Gasteiger partial charge is 0.497 e. The Labute approximate surface area is 131 Å². The number of aryl methyl sites for hydroxylation is 1. The highest BCUT2D eigenvalue weighted by Crippen LogP contribution is 2.50. The van der Waals surface area contributed by atoms with Gasteiger partial charge in [-0.15, -0.1) is 0 Å². The number of benzene rings is 1.